The van der Waals surface area contributed by atoms with Crippen molar-refractivity contribution in [3.8, 4) is 5.75 Å². The van der Waals surface area contributed by atoms with E-state index in [9.17, 15) is 9.59 Å². The van der Waals surface area contributed by atoms with Crippen molar-refractivity contribution in [3.63, 3.8) is 0 Å². The van der Waals surface area contributed by atoms with Gasteiger partial charge in [0.05, 0.1) is 12.8 Å². The van der Waals surface area contributed by atoms with Gasteiger partial charge in [-0.05, 0) is 25.5 Å². The molecule has 2 aromatic rings. The van der Waals surface area contributed by atoms with Gasteiger partial charge >= 0.3 is 0 Å². The molecule has 0 spiro atoms. The molecule has 1 aromatic heterocycles. The third-order valence-corrected chi connectivity index (χ3v) is 3.31. The zero-order chi connectivity index (χ0) is 15.6. The van der Waals surface area contributed by atoms with Gasteiger partial charge in [0.1, 0.15) is 17.1 Å². The summed E-state index contributed by atoms with van der Waals surface area (Å²) >= 11 is 6.00. The smallest absolute Gasteiger partial charge is 0.263 e. The van der Waals surface area contributed by atoms with E-state index < -0.39 is 11.5 Å². The Bertz CT molecular complexity index is 756. The largest absolute Gasteiger partial charge is 0.495 e. The van der Waals surface area contributed by atoms with Gasteiger partial charge in [0.2, 0.25) is 0 Å². The fourth-order valence-electron chi connectivity index (χ4n) is 1.77. The van der Waals surface area contributed by atoms with Crippen molar-refractivity contribution in [1.29, 1.82) is 0 Å². The highest BCUT2D eigenvalue weighted by atomic mass is 35.5. The summed E-state index contributed by atoms with van der Waals surface area (Å²) in [5, 5.41) is 3.15. The van der Waals surface area contributed by atoms with Crippen LogP contribution in [-0.4, -0.2) is 23.0 Å². The Labute approximate surface area is 126 Å². The maximum atomic E-state index is 12.2. The maximum absolute atomic E-state index is 12.2. The number of rotatable bonds is 3. The number of aromatic nitrogens is 2. The molecule has 0 atom stereocenters. The number of carbonyl (C=O) groups is 1. The fourth-order valence-corrected chi connectivity index (χ4v) is 1.92. The number of nitrogens with zero attached hydrogens (tertiary/aromatic N) is 1. The standard InChI is InChI=1S/C14H14ClN3O3/c1-7-4-11(12(21-3)5-10(7)15)18-14(20)9-6-16-8(2)17-13(9)19/h4-6H,1-3H3,(H,18,20)(H,16,17,19). The Balaban J connectivity index is 2.35. The predicted molar refractivity (Wildman–Crippen MR) is 80.3 cm³/mol. The summed E-state index contributed by atoms with van der Waals surface area (Å²) in [6, 6.07) is 3.28. The lowest BCUT2D eigenvalue weighted by atomic mass is 10.2. The molecule has 7 heteroatoms. The zero-order valence-electron chi connectivity index (χ0n) is 11.8. The predicted octanol–water partition coefficient (Wildman–Crippen LogP) is 2.30. The molecule has 0 aliphatic heterocycles. The lowest BCUT2D eigenvalue weighted by Gasteiger charge is -2.12. The number of halogens is 1. The van der Waals surface area contributed by atoms with Crippen LogP contribution in [0.5, 0.6) is 5.75 Å². The summed E-state index contributed by atoms with van der Waals surface area (Å²) in [5.74, 6) is 0.288. The third-order valence-electron chi connectivity index (χ3n) is 2.90. The summed E-state index contributed by atoms with van der Waals surface area (Å²) in [7, 11) is 1.47. The van der Waals surface area contributed by atoms with Gasteiger partial charge in [0.15, 0.2) is 0 Å². The molecule has 0 bridgehead atoms. The molecular formula is C14H14ClN3O3. The van der Waals surface area contributed by atoms with Crippen LogP contribution in [0.4, 0.5) is 5.69 Å². The van der Waals surface area contributed by atoms with Gasteiger partial charge < -0.3 is 15.0 Å². The number of anilines is 1. The molecule has 6 nitrogen and oxygen atoms in total. The minimum atomic E-state index is -0.566. The first-order valence-electron chi connectivity index (χ1n) is 6.13. The Morgan fingerprint density at radius 1 is 1.38 bits per heavy atom. The molecule has 0 saturated carbocycles. The van der Waals surface area contributed by atoms with Crippen molar-refractivity contribution in [1.82, 2.24) is 9.97 Å². The highest BCUT2D eigenvalue weighted by Crippen LogP contribution is 2.31. The van der Waals surface area contributed by atoms with Gasteiger partial charge in [-0.2, -0.15) is 0 Å². The number of methoxy groups -OCH3 is 1. The Morgan fingerprint density at radius 2 is 2.10 bits per heavy atom. The molecule has 0 radical (unpaired) electrons. The molecule has 0 aliphatic carbocycles. The highest BCUT2D eigenvalue weighted by Gasteiger charge is 2.15. The summed E-state index contributed by atoms with van der Waals surface area (Å²) in [5.41, 5.74) is 0.646. The van der Waals surface area contributed by atoms with Crippen LogP contribution in [-0.2, 0) is 0 Å². The second kappa shape index (κ2) is 5.97. The molecule has 0 aliphatic rings. The number of H-pyrrole nitrogens is 1. The number of aryl methyl sites for hydroxylation is 2. The number of amides is 1. The second-order valence-corrected chi connectivity index (χ2v) is 4.87. The number of aromatic amines is 1. The first-order valence-corrected chi connectivity index (χ1v) is 6.51. The van der Waals surface area contributed by atoms with Crippen molar-refractivity contribution in [3.05, 3.63) is 50.7 Å². The van der Waals surface area contributed by atoms with Gasteiger partial charge in [0, 0.05) is 17.3 Å². The summed E-state index contributed by atoms with van der Waals surface area (Å²) in [6.07, 6.45) is 1.23. The molecule has 1 heterocycles. The Kier molecular flexibility index (Phi) is 4.28. The topological polar surface area (TPSA) is 84.1 Å². The number of benzene rings is 1. The van der Waals surface area contributed by atoms with Gasteiger partial charge in [-0.15, -0.1) is 0 Å². The van der Waals surface area contributed by atoms with Crippen molar-refractivity contribution >= 4 is 23.2 Å². The van der Waals surface area contributed by atoms with E-state index >= 15 is 0 Å². The van der Waals surface area contributed by atoms with Gasteiger partial charge in [0.25, 0.3) is 11.5 Å². The van der Waals surface area contributed by atoms with E-state index in [1.807, 2.05) is 0 Å². The van der Waals surface area contributed by atoms with Gasteiger partial charge in [-0.25, -0.2) is 4.98 Å². The molecule has 1 aromatic carbocycles. The second-order valence-electron chi connectivity index (χ2n) is 4.47. The van der Waals surface area contributed by atoms with Crippen molar-refractivity contribution in [2.45, 2.75) is 13.8 Å². The molecule has 110 valence electrons. The van der Waals surface area contributed by atoms with Crippen molar-refractivity contribution < 1.29 is 9.53 Å². The highest BCUT2D eigenvalue weighted by molar-refractivity contribution is 6.31. The number of carbonyl (C=O) groups excluding carboxylic acids is 1. The van der Waals surface area contributed by atoms with E-state index in [1.54, 1.807) is 26.0 Å². The number of hydrogen-bond acceptors (Lipinski definition) is 4. The van der Waals surface area contributed by atoms with Crippen molar-refractivity contribution in [2.75, 3.05) is 12.4 Å². The van der Waals surface area contributed by atoms with Crippen LogP contribution in [0.15, 0.2) is 23.1 Å². The normalized spacial score (nSPS) is 10.3. The number of hydrogen-bond donors (Lipinski definition) is 2. The van der Waals surface area contributed by atoms with Crippen LogP contribution in [0.3, 0.4) is 0 Å². The molecule has 2 N–H and O–H groups in total. The van der Waals surface area contributed by atoms with Gasteiger partial charge in [-0.1, -0.05) is 11.6 Å². The van der Waals surface area contributed by atoms with Crippen molar-refractivity contribution in [2.24, 2.45) is 0 Å². The number of nitrogens with one attached hydrogen (secondary N) is 2. The van der Waals surface area contributed by atoms with Crippen LogP contribution >= 0.6 is 11.6 Å². The zero-order valence-corrected chi connectivity index (χ0v) is 12.5. The molecule has 0 unspecified atom stereocenters. The van der Waals surface area contributed by atoms with E-state index in [1.165, 1.54) is 13.3 Å². The molecule has 0 saturated heterocycles. The van der Waals surface area contributed by atoms with E-state index in [0.717, 1.165) is 5.56 Å². The van der Waals surface area contributed by atoms with Crippen LogP contribution < -0.4 is 15.6 Å². The van der Waals surface area contributed by atoms with Crippen LogP contribution in [0.25, 0.3) is 0 Å². The average molecular weight is 308 g/mol. The molecule has 21 heavy (non-hydrogen) atoms. The number of ether oxygens (including phenoxy) is 1. The van der Waals surface area contributed by atoms with E-state index in [-0.39, 0.29) is 5.56 Å². The molecule has 0 fully saturated rings. The quantitative estimate of drug-likeness (QED) is 0.911. The lowest BCUT2D eigenvalue weighted by molar-refractivity contribution is 0.102. The van der Waals surface area contributed by atoms with Crippen LogP contribution in [0.2, 0.25) is 5.02 Å². The minimum Gasteiger partial charge on any atom is -0.495 e. The van der Waals surface area contributed by atoms with E-state index in [0.29, 0.717) is 22.3 Å². The monoisotopic (exact) mass is 307 g/mol. The van der Waals surface area contributed by atoms with E-state index in [2.05, 4.69) is 15.3 Å². The summed E-state index contributed by atoms with van der Waals surface area (Å²) in [6.45, 7) is 3.44. The van der Waals surface area contributed by atoms with Crippen LogP contribution in [0, 0.1) is 13.8 Å². The SMILES string of the molecule is COc1cc(Cl)c(C)cc1NC(=O)c1cnc(C)[nH]c1=O. The molecular weight excluding hydrogens is 294 g/mol. The summed E-state index contributed by atoms with van der Waals surface area (Å²) in [4.78, 5) is 30.3. The minimum absolute atomic E-state index is 0.0738. The Hall–Kier alpha value is -2.34. The molecule has 1 amide bonds. The first-order chi connectivity index (χ1) is 9.92. The lowest BCUT2D eigenvalue weighted by Crippen LogP contribution is -2.24. The molecule has 2 rings (SSSR count). The Morgan fingerprint density at radius 3 is 2.71 bits per heavy atom. The third kappa shape index (κ3) is 3.22. The van der Waals surface area contributed by atoms with E-state index in [4.69, 9.17) is 16.3 Å². The van der Waals surface area contributed by atoms with Gasteiger partial charge in [-0.3, -0.25) is 9.59 Å². The fraction of sp³-hybridized carbons (Fsp3) is 0.214. The average Bonchev–Trinajstić information content (AvgIpc) is 2.42. The maximum Gasteiger partial charge on any atom is 0.263 e. The first kappa shape index (κ1) is 15.1. The van der Waals surface area contributed by atoms with Crippen LogP contribution in [0.1, 0.15) is 21.7 Å². The summed E-state index contributed by atoms with van der Waals surface area (Å²) < 4.78 is 5.17.